The quantitative estimate of drug-likeness (QED) is 0.542. The van der Waals surface area contributed by atoms with E-state index < -0.39 is 0 Å². The maximum absolute atomic E-state index is 11.3. The number of likely N-dealkylation sites (N-methyl/N-ethyl adjacent to an activating group) is 1. The van der Waals surface area contributed by atoms with Gasteiger partial charge in [0.25, 0.3) is 0 Å². The number of aliphatic hydroxyl groups is 1. The number of rotatable bonds is 3. The van der Waals surface area contributed by atoms with Crippen molar-refractivity contribution < 1.29 is 9.90 Å². The Morgan fingerprint density at radius 2 is 2.55 bits per heavy atom. The molecule has 0 spiro atoms. The minimum absolute atomic E-state index is 0.0263. The van der Waals surface area contributed by atoms with Gasteiger partial charge in [-0.05, 0) is 13.5 Å². The fourth-order valence-corrected chi connectivity index (χ4v) is 1.35. The number of aliphatic hydroxyl groups excluding tert-OH is 1. The van der Waals surface area contributed by atoms with Crippen molar-refractivity contribution in [1.29, 1.82) is 0 Å². The maximum atomic E-state index is 11.3. The molecule has 0 aliphatic carbocycles. The summed E-state index contributed by atoms with van der Waals surface area (Å²) < 4.78 is 0. The molecule has 1 saturated heterocycles. The highest BCUT2D eigenvalue weighted by atomic mass is 16.3. The van der Waals surface area contributed by atoms with Crippen LogP contribution in [-0.2, 0) is 4.79 Å². The van der Waals surface area contributed by atoms with Gasteiger partial charge in [-0.2, -0.15) is 0 Å². The smallest absolute Gasteiger partial charge is 0.239 e. The molecule has 1 unspecified atom stereocenters. The fraction of sp³-hybridized carbons (Fsp3) is 0.857. The minimum Gasteiger partial charge on any atom is -0.395 e. The van der Waals surface area contributed by atoms with E-state index in [9.17, 15) is 4.79 Å². The third kappa shape index (κ3) is 1.70. The lowest BCUT2D eigenvalue weighted by atomic mass is 10.3. The van der Waals surface area contributed by atoms with Crippen LogP contribution in [0.2, 0.25) is 0 Å². The van der Waals surface area contributed by atoms with E-state index in [1.54, 1.807) is 11.9 Å². The molecule has 11 heavy (non-hydrogen) atoms. The summed E-state index contributed by atoms with van der Waals surface area (Å²) >= 11 is 0. The van der Waals surface area contributed by atoms with E-state index in [1.807, 2.05) is 0 Å². The number of carbonyl (C=O) groups is 1. The van der Waals surface area contributed by atoms with Gasteiger partial charge in [0.05, 0.1) is 12.6 Å². The van der Waals surface area contributed by atoms with Crippen LogP contribution in [-0.4, -0.2) is 48.7 Å². The highest BCUT2D eigenvalue weighted by Crippen LogP contribution is 2.09. The lowest BCUT2D eigenvalue weighted by Gasteiger charge is -2.14. The summed E-state index contributed by atoms with van der Waals surface area (Å²) in [4.78, 5) is 13.0. The summed E-state index contributed by atoms with van der Waals surface area (Å²) in [6.07, 6.45) is 0.856. The second-order valence-electron chi connectivity index (χ2n) is 2.68. The van der Waals surface area contributed by atoms with Gasteiger partial charge in [-0.1, -0.05) is 0 Å². The molecule has 4 nitrogen and oxygen atoms in total. The minimum atomic E-state index is -0.0263. The van der Waals surface area contributed by atoms with Gasteiger partial charge in [-0.3, -0.25) is 4.79 Å². The average Bonchev–Trinajstić information content (AvgIpc) is 2.34. The van der Waals surface area contributed by atoms with Crippen molar-refractivity contribution in [3.05, 3.63) is 0 Å². The van der Waals surface area contributed by atoms with Crippen molar-refractivity contribution >= 4 is 5.91 Å². The van der Waals surface area contributed by atoms with Gasteiger partial charge < -0.3 is 15.3 Å². The number of hydrogen-bond acceptors (Lipinski definition) is 3. The van der Waals surface area contributed by atoms with Gasteiger partial charge in [0.2, 0.25) is 5.91 Å². The highest BCUT2D eigenvalue weighted by molar-refractivity contribution is 5.83. The van der Waals surface area contributed by atoms with Crippen LogP contribution in [0.3, 0.4) is 0 Å². The number of nitrogens with zero attached hydrogens (tertiary/aromatic N) is 1. The Morgan fingerprint density at radius 1 is 1.82 bits per heavy atom. The molecule has 1 aliphatic heterocycles. The maximum Gasteiger partial charge on any atom is 0.239 e. The van der Waals surface area contributed by atoms with Gasteiger partial charge in [0.15, 0.2) is 0 Å². The van der Waals surface area contributed by atoms with Crippen LogP contribution in [0.4, 0.5) is 0 Å². The Labute approximate surface area is 66.2 Å². The molecule has 0 aromatic rings. The molecule has 2 N–H and O–H groups in total. The SMILES string of the molecule is CNC1CCN(CCO)C1=O. The van der Waals surface area contributed by atoms with Crippen LogP contribution < -0.4 is 5.32 Å². The van der Waals surface area contributed by atoms with Gasteiger partial charge in [-0.25, -0.2) is 0 Å². The average molecular weight is 158 g/mol. The first-order valence-electron chi connectivity index (χ1n) is 3.86. The van der Waals surface area contributed by atoms with Gasteiger partial charge >= 0.3 is 0 Å². The van der Waals surface area contributed by atoms with Gasteiger partial charge in [0.1, 0.15) is 0 Å². The Hall–Kier alpha value is -0.610. The molecule has 0 aromatic carbocycles. The zero-order chi connectivity index (χ0) is 8.27. The van der Waals surface area contributed by atoms with Crippen LogP contribution in [0.15, 0.2) is 0 Å². The second-order valence-corrected chi connectivity index (χ2v) is 2.68. The number of likely N-dealkylation sites (tertiary alicyclic amines) is 1. The Balaban J connectivity index is 2.42. The van der Waals surface area contributed by atoms with Gasteiger partial charge in [0, 0.05) is 13.1 Å². The summed E-state index contributed by atoms with van der Waals surface area (Å²) in [5.74, 6) is 0.113. The summed E-state index contributed by atoms with van der Waals surface area (Å²) in [5, 5.41) is 11.5. The van der Waals surface area contributed by atoms with E-state index in [2.05, 4.69) is 5.32 Å². The van der Waals surface area contributed by atoms with Crippen molar-refractivity contribution in [1.82, 2.24) is 10.2 Å². The molecular weight excluding hydrogens is 144 g/mol. The lowest BCUT2D eigenvalue weighted by Crippen LogP contribution is -2.37. The zero-order valence-corrected chi connectivity index (χ0v) is 6.71. The number of nitrogens with one attached hydrogen (secondary N) is 1. The molecule has 0 aromatic heterocycles. The summed E-state index contributed by atoms with van der Waals surface area (Å²) in [7, 11) is 1.78. The van der Waals surface area contributed by atoms with E-state index in [0.29, 0.717) is 6.54 Å². The molecule has 4 heteroatoms. The van der Waals surface area contributed by atoms with E-state index in [0.717, 1.165) is 13.0 Å². The number of β-amino-alcohol motifs (C(OH)–C–C–N with tert-alkyl or cyclic N) is 1. The first kappa shape index (κ1) is 8.49. The van der Waals surface area contributed by atoms with Crippen LogP contribution in [0.25, 0.3) is 0 Å². The van der Waals surface area contributed by atoms with Crippen LogP contribution >= 0.6 is 0 Å². The Bertz CT molecular complexity index is 149. The third-order valence-corrected chi connectivity index (χ3v) is 2.02. The number of amides is 1. The molecule has 0 bridgehead atoms. The molecule has 1 fully saturated rings. The lowest BCUT2D eigenvalue weighted by molar-refractivity contribution is -0.129. The molecule has 64 valence electrons. The monoisotopic (exact) mass is 158 g/mol. The molecule has 1 aliphatic rings. The van der Waals surface area contributed by atoms with Crippen LogP contribution in [0.1, 0.15) is 6.42 Å². The van der Waals surface area contributed by atoms with Gasteiger partial charge in [-0.15, -0.1) is 0 Å². The van der Waals surface area contributed by atoms with E-state index in [4.69, 9.17) is 5.11 Å². The van der Waals surface area contributed by atoms with Crippen molar-refractivity contribution in [2.24, 2.45) is 0 Å². The van der Waals surface area contributed by atoms with E-state index in [-0.39, 0.29) is 18.6 Å². The molecular formula is C7H14N2O2. The topological polar surface area (TPSA) is 52.6 Å². The Kier molecular flexibility index (Phi) is 2.84. The molecule has 1 amide bonds. The van der Waals surface area contributed by atoms with Crippen molar-refractivity contribution in [3.63, 3.8) is 0 Å². The first-order chi connectivity index (χ1) is 5.29. The molecule has 1 atom stereocenters. The largest absolute Gasteiger partial charge is 0.395 e. The summed E-state index contributed by atoms with van der Waals surface area (Å²) in [5.41, 5.74) is 0. The van der Waals surface area contributed by atoms with Crippen LogP contribution in [0.5, 0.6) is 0 Å². The predicted octanol–water partition coefficient (Wildman–Crippen LogP) is -1.20. The number of carbonyl (C=O) groups excluding carboxylic acids is 1. The van der Waals surface area contributed by atoms with E-state index in [1.165, 1.54) is 0 Å². The molecule has 0 radical (unpaired) electrons. The zero-order valence-electron chi connectivity index (χ0n) is 6.71. The molecule has 0 saturated carbocycles. The van der Waals surface area contributed by atoms with Crippen molar-refractivity contribution in [3.8, 4) is 0 Å². The second kappa shape index (κ2) is 3.69. The van der Waals surface area contributed by atoms with Crippen molar-refractivity contribution in [2.75, 3.05) is 26.7 Å². The first-order valence-corrected chi connectivity index (χ1v) is 3.86. The third-order valence-electron chi connectivity index (χ3n) is 2.02. The Morgan fingerprint density at radius 3 is 3.00 bits per heavy atom. The van der Waals surface area contributed by atoms with Crippen molar-refractivity contribution in [2.45, 2.75) is 12.5 Å². The standard InChI is InChI=1S/C7H14N2O2/c1-8-6-2-3-9(4-5-10)7(6)11/h6,8,10H,2-5H2,1H3. The highest BCUT2D eigenvalue weighted by Gasteiger charge is 2.29. The summed E-state index contributed by atoms with van der Waals surface area (Å²) in [6, 6.07) is -0.0263. The molecule has 1 rings (SSSR count). The fourth-order valence-electron chi connectivity index (χ4n) is 1.35. The molecule has 1 heterocycles. The van der Waals surface area contributed by atoms with Crippen LogP contribution in [0, 0.1) is 0 Å². The normalized spacial score (nSPS) is 24.7. The van der Waals surface area contributed by atoms with E-state index >= 15 is 0 Å². The summed E-state index contributed by atoms with van der Waals surface area (Å²) in [6.45, 7) is 1.30. The number of hydrogen-bond donors (Lipinski definition) is 2. The predicted molar refractivity (Wildman–Crippen MR) is 41.1 cm³/mol.